The number of rotatable bonds is 6. The first kappa shape index (κ1) is 22.7. The molecule has 31 heavy (non-hydrogen) atoms. The van der Waals surface area contributed by atoms with Gasteiger partial charge in [0.25, 0.3) is 11.8 Å². The van der Waals surface area contributed by atoms with Crippen molar-refractivity contribution in [2.75, 3.05) is 32.7 Å². The molecule has 2 heterocycles. The standard InChI is InChI=1S/C22H25N3O5S/c1-18-7-9-19(10-8-18)31(29,30)24-15-3-2-13-23(14-5-16-24)20(26)6-4-17-25-21(27)11-12-22(25)28/h7-12H,4-6,13-17H2,1H3. The van der Waals surface area contributed by atoms with Gasteiger partial charge in [-0.1, -0.05) is 29.5 Å². The maximum Gasteiger partial charge on any atom is 0.253 e. The van der Waals surface area contributed by atoms with E-state index in [0.717, 1.165) is 10.5 Å². The Hall–Kier alpha value is -2.96. The van der Waals surface area contributed by atoms with Gasteiger partial charge in [0.05, 0.1) is 18.0 Å². The van der Waals surface area contributed by atoms with Gasteiger partial charge in [-0.05, 0) is 31.9 Å². The summed E-state index contributed by atoms with van der Waals surface area (Å²) in [6.07, 6.45) is 3.48. The summed E-state index contributed by atoms with van der Waals surface area (Å²) in [5.41, 5.74) is 0.979. The second kappa shape index (κ2) is 9.90. The highest BCUT2D eigenvalue weighted by atomic mass is 32.2. The number of carbonyl (C=O) groups is 3. The predicted octanol–water partition coefficient (Wildman–Crippen LogP) is 0.927. The first-order valence-electron chi connectivity index (χ1n) is 10.1. The van der Waals surface area contributed by atoms with Gasteiger partial charge >= 0.3 is 0 Å². The third-order valence-electron chi connectivity index (χ3n) is 5.17. The zero-order valence-corrected chi connectivity index (χ0v) is 18.2. The summed E-state index contributed by atoms with van der Waals surface area (Å²) in [5.74, 6) is 4.90. The van der Waals surface area contributed by atoms with Crippen LogP contribution in [0.4, 0.5) is 0 Å². The molecule has 2 aliphatic heterocycles. The van der Waals surface area contributed by atoms with E-state index in [1.807, 2.05) is 6.92 Å². The lowest BCUT2D eigenvalue weighted by Crippen LogP contribution is -2.36. The smallest absolute Gasteiger partial charge is 0.253 e. The minimum atomic E-state index is -3.65. The number of amides is 3. The first-order valence-corrected chi connectivity index (χ1v) is 11.6. The van der Waals surface area contributed by atoms with Crippen molar-refractivity contribution >= 4 is 27.7 Å². The lowest BCUT2D eigenvalue weighted by atomic mass is 10.2. The highest BCUT2D eigenvalue weighted by Gasteiger charge is 2.25. The Bertz CT molecular complexity index is 1030. The van der Waals surface area contributed by atoms with E-state index >= 15 is 0 Å². The molecule has 1 aromatic carbocycles. The number of benzene rings is 1. The summed E-state index contributed by atoms with van der Waals surface area (Å²) in [5, 5.41) is 0. The maximum absolute atomic E-state index is 12.9. The van der Waals surface area contributed by atoms with Gasteiger partial charge in [-0.25, -0.2) is 8.42 Å². The molecular formula is C22H25N3O5S. The van der Waals surface area contributed by atoms with Crippen LogP contribution in [0.3, 0.4) is 0 Å². The van der Waals surface area contributed by atoms with Gasteiger partial charge in [-0.15, -0.1) is 0 Å². The molecule has 0 N–H and O–H groups in total. The molecule has 9 heteroatoms. The molecule has 0 spiro atoms. The Balaban J connectivity index is 1.54. The quantitative estimate of drug-likeness (QED) is 0.482. The highest BCUT2D eigenvalue weighted by Crippen LogP contribution is 2.17. The summed E-state index contributed by atoms with van der Waals surface area (Å²) in [4.78, 5) is 38.6. The third-order valence-corrected chi connectivity index (χ3v) is 7.03. The van der Waals surface area contributed by atoms with Crippen LogP contribution in [-0.2, 0) is 24.4 Å². The van der Waals surface area contributed by atoms with E-state index < -0.39 is 10.0 Å². The summed E-state index contributed by atoms with van der Waals surface area (Å²) >= 11 is 0. The molecule has 0 aromatic heterocycles. The Labute approximate surface area is 182 Å². The van der Waals surface area contributed by atoms with Gasteiger partial charge in [0, 0.05) is 38.2 Å². The average Bonchev–Trinajstić information content (AvgIpc) is 3.12. The minimum Gasteiger partial charge on any atom is -0.332 e. The fourth-order valence-electron chi connectivity index (χ4n) is 3.37. The van der Waals surface area contributed by atoms with E-state index in [2.05, 4.69) is 11.8 Å². The summed E-state index contributed by atoms with van der Waals surface area (Å²) in [7, 11) is -3.65. The molecule has 1 aromatic rings. The zero-order valence-electron chi connectivity index (χ0n) is 17.4. The Morgan fingerprint density at radius 1 is 1.00 bits per heavy atom. The van der Waals surface area contributed by atoms with Gasteiger partial charge in [0.1, 0.15) is 0 Å². The molecule has 2 aliphatic rings. The van der Waals surface area contributed by atoms with E-state index in [9.17, 15) is 22.8 Å². The third kappa shape index (κ3) is 5.60. The van der Waals surface area contributed by atoms with E-state index in [-0.39, 0.29) is 55.2 Å². The van der Waals surface area contributed by atoms with E-state index in [4.69, 9.17) is 0 Å². The van der Waals surface area contributed by atoms with Gasteiger partial charge in [0.15, 0.2) is 0 Å². The van der Waals surface area contributed by atoms with Crippen LogP contribution in [0, 0.1) is 18.8 Å². The van der Waals surface area contributed by atoms with Crippen LogP contribution in [0.5, 0.6) is 0 Å². The van der Waals surface area contributed by atoms with Crippen molar-refractivity contribution in [1.82, 2.24) is 14.1 Å². The lowest BCUT2D eigenvalue weighted by molar-refractivity contribution is -0.138. The highest BCUT2D eigenvalue weighted by molar-refractivity contribution is 7.89. The van der Waals surface area contributed by atoms with Gasteiger partial charge in [0.2, 0.25) is 15.9 Å². The number of aryl methyl sites for hydroxylation is 1. The van der Waals surface area contributed by atoms with Gasteiger partial charge in [-0.2, -0.15) is 4.31 Å². The van der Waals surface area contributed by atoms with Crippen molar-refractivity contribution in [3.8, 4) is 11.8 Å². The second-order valence-corrected chi connectivity index (χ2v) is 9.38. The van der Waals surface area contributed by atoms with Crippen LogP contribution in [0.1, 0.15) is 24.8 Å². The summed E-state index contributed by atoms with van der Waals surface area (Å²) in [6, 6.07) is 6.70. The molecule has 0 fully saturated rings. The molecule has 3 rings (SSSR count). The molecule has 164 valence electrons. The first-order chi connectivity index (χ1) is 14.8. The van der Waals surface area contributed by atoms with Crippen molar-refractivity contribution in [1.29, 1.82) is 0 Å². The minimum absolute atomic E-state index is 0.0738. The molecule has 0 radical (unpaired) electrons. The largest absolute Gasteiger partial charge is 0.332 e. The molecule has 0 saturated carbocycles. The fraction of sp³-hybridized carbons (Fsp3) is 0.409. The zero-order chi connectivity index (χ0) is 22.4. The number of imide groups is 1. The Kier molecular flexibility index (Phi) is 7.25. The van der Waals surface area contributed by atoms with Gasteiger partial charge < -0.3 is 4.90 Å². The number of hydrogen-bond donors (Lipinski definition) is 0. The number of sulfonamides is 1. The van der Waals surface area contributed by atoms with Crippen molar-refractivity contribution in [2.45, 2.75) is 31.1 Å². The number of nitrogens with zero attached hydrogens (tertiary/aromatic N) is 3. The molecule has 0 unspecified atom stereocenters. The molecule has 8 nitrogen and oxygen atoms in total. The van der Waals surface area contributed by atoms with Crippen LogP contribution in [0.25, 0.3) is 0 Å². The average molecular weight is 444 g/mol. The maximum atomic E-state index is 12.9. The van der Waals surface area contributed by atoms with E-state index in [1.165, 1.54) is 16.5 Å². The van der Waals surface area contributed by atoms with Crippen LogP contribution in [-0.4, -0.2) is 73.0 Å². The summed E-state index contributed by atoms with van der Waals surface area (Å²) < 4.78 is 27.2. The molecule has 0 aliphatic carbocycles. The monoisotopic (exact) mass is 443 g/mol. The molecule has 0 atom stereocenters. The number of carbonyl (C=O) groups excluding carboxylic acids is 3. The Morgan fingerprint density at radius 2 is 1.65 bits per heavy atom. The SMILES string of the molecule is Cc1ccc(S(=O)(=O)N2CC#CCN(C(=O)CCCN3C(=O)C=CC3=O)CCC2)cc1. The van der Waals surface area contributed by atoms with Crippen molar-refractivity contribution in [3.63, 3.8) is 0 Å². The summed E-state index contributed by atoms with van der Waals surface area (Å²) in [6.45, 7) is 3.03. The predicted molar refractivity (Wildman–Crippen MR) is 114 cm³/mol. The van der Waals surface area contributed by atoms with Crippen molar-refractivity contribution < 1.29 is 22.8 Å². The molecular weight excluding hydrogens is 418 g/mol. The van der Waals surface area contributed by atoms with Crippen LogP contribution >= 0.6 is 0 Å². The second-order valence-electron chi connectivity index (χ2n) is 7.44. The van der Waals surface area contributed by atoms with Crippen LogP contribution in [0.2, 0.25) is 0 Å². The Morgan fingerprint density at radius 3 is 2.32 bits per heavy atom. The van der Waals surface area contributed by atoms with Gasteiger partial charge in [-0.3, -0.25) is 19.3 Å². The topological polar surface area (TPSA) is 95.1 Å². The van der Waals surface area contributed by atoms with E-state index in [0.29, 0.717) is 19.4 Å². The normalized spacial score (nSPS) is 17.7. The lowest BCUT2D eigenvalue weighted by Gasteiger charge is -2.23. The van der Waals surface area contributed by atoms with Crippen molar-refractivity contribution in [3.05, 3.63) is 42.0 Å². The van der Waals surface area contributed by atoms with Crippen LogP contribution < -0.4 is 0 Å². The molecule has 0 bridgehead atoms. The van der Waals surface area contributed by atoms with Crippen LogP contribution in [0.15, 0.2) is 41.3 Å². The molecule has 3 amide bonds. The number of hydrogen-bond acceptors (Lipinski definition) is 5. The fourth-order valence-corrected chi connectivity index (χ4v) is 4.75. The molecule has 0 saturated heterocycles. The van der Waals surface area contributed by atoms with E-state index in [1.54, 1.807) is 29.2 Å². The van der Waals surface area contributed by atoms with Crippen molar-refractivity contribution in [2.24, 2.45) is 0 Å².